The van der Waals surface area contributed by atoms with Crippen LogP contribution in [-0.4, -0.2) is 49.6 Å². The van der Waals surface area contributed by atoms with E-state index < -0.39 is 16.1 Å². The van der Waals surface area contributed by atoms with E-state index in [1.165, 1.54) is 12.1 Å². The molecule has 1 unspecified atom stereocenters. The summed E-state index contributed by atoms with van der Waals surface area (Å²) >= 11 is 0. The van der Waals surface area contributed by atoms with Gasteiger partial charge in [-0.25, -0.2) is 13.1 Å². The number of rotatable bonds is 6. The number of amides is 1. The zero-order valence-corrected chi connectivity index (χ0v) is 18.3. The molecular formula is C22H28N2O5S. The maximum Gasteiger partial charge on any atom is 0.263 e. The second-order valence-corrected chi connectivity index (χ2v) is 9.43. The van der Waals surface area contributed by atoms with E-state index in [9.17, 15) is 18.3 Å². The Hall–Kier alpha value is -2.58. The molecule has 2 aromatic carbocycles. The zero-order chi connectivity index (χ0) is 21.9. The molecule has 1 aliphatic heterocycles. The van der Waals surface area contributed by atoms with Crippen LogP contribution in [0.2, 0.25) is 0 Å². The summed E-state index contributed by atoms with van der Waals surface area (Å²) in [6.07, 6.45) is 0.418. The maximum absolute atomic E-state index is 12.8. The first-order valence-corrected chi connectivity index (χ1v) is 11.5. The van der Waals surface area contributed by atoms with Crippen molar-refractivity contribution in [3.05, 3.63) is 53.6 Å². The minimum Gasteiger partial charge on any atom is -0.508 e. The van der Waals surface area contributed by atoms with E-state index in [1.54, 1.807) is 43.0 Å². The Bertz CT molecular complexity index is 997. The topological polar surface area (TPSA) is 95.9 Å². The van der Waals surface area contributed by atoms with Gasteiger partial charge in [0.05, 0.1) is 4.90 Å². The van der Waals surface area contributed by atoms with Crippen molar-refractivity contribution in [2.45, 2.75) is 50.7 Å². The van der Waals surface area contributed by atoms with Gasteiger partial charge in [0.2, 0.25) is 10.0 Å². The summed E-state index contributed by atoms with van der Waals surface area (Å²) in [7, 11) is -3.60. The lowest BCUT2D eigenvalue weighted by Crippen LogP contribution is -2.49. The number of sulfonamides is 1. The zero-order valence-electron chi connectivity index (χ0n) is 17.5. The Balaban J connectivity index is 1.54. The average Bonchev–Trinajstić information content (AvgIpc) is 2.69. The quantitative estimate of drug-likeness (QED) is 0.732. The molecule has 1 fully saturated rings. The Morgan fingerprint density at radius 3 is 2.37 bits per heavy atom. The molecule has 3 rings (SSSR count). The average molecular weight is 433 g/mol. The number of benzene rings is 2. The number of nitrogens with one attached hydrogen (secondary N) is 1. The van der Waals surface area contributed by atoms with E-state index in [4.69, 9.17) is 4.74 Å². The smallest absolute Gasteiger partial charge is 0.263 e. The first-order chi connectivity index (χ1) is 14.2. The molecule has 1 atom stereocenters. The van der Waals surface area contributed by atoms with Gasteiger partial charge in [-0.15, -0.1) is 0 Å². The second kappa shape index (κ2) is 9.06. The third-order valence-electron chi connectivity index (χ3n) is 5.25. The largest absolute Gasteiger partial charge is 0.508 e. The number of phenols is 1. The number of phenolic OH excluding ortho intramolecular Hbond substituents is 1. The van der Waals surface area contributed by atoms with Gasteiger partial charge in [-0.1, -0.05) is 17.7 Å². The van der Waals surface area contributed by atoms with E-state index >= 15 is 0 Å². The van der Waals surface area contributed by atoms with Gasteiger partial charge in [-0.2, -0.15) is 0 Å². The van der Waals surface area contributed by atoms with Crippen LogP contribution in [0.4, 0.5) is 0 Å². The number of likely N-dealkylation sites (tertiary alicyclic amines) is 1. The highest BCUT2D eigenvalue weighted by Crippen LogP contribution is 2.21. The van der Waals surface area contributed by atoms with Crippen molar-refractivity contribution in [1.29, 1.82) is 0 Å². The molecule has 2 N–H and O–H groups in total. The summed E-state index contributed by atoms with van der Waals surface area (Å²) in [6.45, 7) is 6.32. The molecular weight excluding hydrogens is 404 g/mol. The summed E-state index contributed by atoms with van der Waals surface area (Å²) in [4.78, 5) is 14.7. The molecule has 2 aromatic rings. The summed E-state index contributed by atoms with van der Waals surface area (Å²) in [5.41, 5.74) is 1.73. The molecule has 1 heterocycles. The molecule has 162 valence electrons. The van der Waals surface area contributed by atoms with Gasteiger partial charge >= 0.3 is 0 Å². The van der Waals surface area contributed by atoms with Crippen molar-refractivity contribution in [2.24, 2.45) is 0 Å². The highest BCUT2D eigenvalue weighted by atomic mass is 32.2. The monoisotopic (exact) mass is 432 g/mol. The molecule has 8 heteroatoms. The van der Waals surface area contributed by atoms with E-state index in [1.807, 2.05) is 13.0 Å². The fourth-order valence-electron chi connectivity index (χ4n) is 3.64. The standard InChI is InChI=1S/C22H28N2O5S/c1-15-4-9-21(16(2)14-15)30(27,28)23-18-10-12-24(13-11-18)22(26)17(3)29-20-7-5-19(25)6-8-20/h4-9,14,17-18,23,25H,10-13H2,1-3H3. The summed E-state index contributed by atoms with van der Waals surface area (Å²) in [5, 5.41) is 9.33. The fraction of sp³-hybridized carbons (Fsp3) is 0.409. The summed E-state index contributed by atoms with van der Waals surface area (Å²) in [5.74, 6) is 0.496. The SMILES string of the molecule is Cc1ccc(S(=O)(=O)NC2CCN(C(=O)C(C)Oc3ccc(O)cc3)CC2)c(C)c1. The predicted molar refractivity (Wildman–Crippen MR) is 114 cm³/mol. The lowest BCUT2D eigenvalue weighted by atomic mass is 10.1. The van der Waals surface area contributed by atoms with E-state index in [0.29, 0.717) is 36.6 Å². The van der Waals surface area contributed by atoms with Gasteiger partial charge < -0.3 is 14.7 Å². The van der Waals surface area contributed by atoms with Crippen LogP contribution in [0.25, 0.3) is 0 Å². The molecule has 1 amide bonds. The second-order valence-electron chi connectivity index (χ2n) is 7.74. The maximum atomic E-state index is 12.8. The highest BCUT2D eigenvalue weighted by molar-refractivity contribution is 7.89. The first kappa shape index (κ1) is 22.1. The molecule has 0 bridgehead atoms. The lowest BCUT2D eigenvalue weighted by molar-refractivity contribution is -0.139. The van der Waals surface area contributed by atoms with E-state index in [0.717, 1.165) is 11.1 Å². The number of carbonyl (C=O) groups is 1. The van der Waals surface area contributed by atoms with Crippen molar-refractivity contribution in [2.75, 3.05) is 13.1 Å². The number of aromatic hydroxyl groups is 1. The van der Waals surface area contributed by atoms with Crippen molar-refractivity contribution in [1.82, 2.24) is 9.62 Å². The minimum absolute atomic E-state index is 0.131. The minimum atomic E-state index is -3.60. The number of aryl methyl sites for hydroxylation is 2. The predicted octanol–water partition coefficient (Wildman–Crippen LogP) is 2.75. The molecule has 0 saturated carbocycles. The van der Waals surface area contributed by atoms with Crippen molar-refractivity contribution >= 4 is 15.9 Å². The number of ether oxygens (including phenoxy) is 1. The van der Waals surface area contributed by atoms with Crippen LogP contribution in [0.15, 0.2) is 47.4 Å². The normalized spacial score (nSPS) is 16.3. The third-order valence-corrected chi connectivity index (χ3v) is 6.93. The number of hydrogen-bond donors (Lipinski definition) is 2. The highest BCUT2D eigenvalue weighted by Gasteiger charge is 2.29. The summed E-state index contributed by atoms with van der Waals surface area (Å²) in [6, 6.07) is 11.3. The van der Waals surface area contributed by atoms with Crippen LogP contribution in [0.5, 0.6) is 11.5 Å². The number of piperidine rings is 1. The molecule has 1 saturated heterocycles. The van der Waals surface area contributed by atoms with Gasteiger partial charge in [0.25, 0.3) is 5.91 Å². The Morgan fingerprint density at radius 2 is 1.77 bits per heavy atom. The molecule has 30 heavy (non-hydrogen) atoms. The van der Waals surface area contributed by atoms with Crippen molar-refractivity contribution < 1.29 is 23.1 Å². The van der Waals surface area contributed by atoms with Crippen LogP contribution in [0.1, 0.15) is 30.9 Å². The number of nitrogens with zero attached hydrogens (tertiary/aromatic N) is 1. The molecule has 0 aromatic heterocycles. The Labute approximate surface area is 177 Å². The molecule has 0 spiro atoms. The molecule has 7 nitrogen and oxygen atoms in total. The van der Waals surface area contributed by atoms with Gasteiger partial charge in [-0.3, -0.25) is 4.79 Å². The van der Waals surface area contributed by atoms with Crippen LogP contribution >= 0.6 is 0 Å². The molecule has 0 radical (unpaired) electrons. The number of hydrogen-bond acceptors (Lipinski definition) is 5. The van der Waals surface area contributed by atoms with Gasteiger partial charge in [0, 0.05) is 19.1 Å². The Morgan fingerprint density at radius 1 is 1.13 bits per heavy atom. The van der Waals surface area contributed by atoms with E-state index in [-0.39, 0.29) is 17.7 Å². The van der Waals surface area contributed by atoms with Gasteiger partial charge in [-0.05, 0) is 69.5 Å². The molecule has 0 aliphatic carbocycles. The fourth-order valence-corrected chi connectivity index (χ4v) is 5.17. The van der Waals surface area contributed by atoms with Crippen LogP contribution in [0.3, 0.4) is 0 Å². The van der Waals surface area contributed by atoms with Gasteiger partial charge in [0.1, 0.15) is 11.5 Å². The third kappa shape index (κ3) is 5.31. The summed E-state index contributed by atoms with van der Waals surface area (Å²) < 4.78 is 34.0. The van der Waals surface area contributed by atoms with Crippen LogP contribution in [-0.2, 0) is 14.8 Å². The molecule has 1 aliphatic rings. The van der Waals surface area contributed by atoms with Gasteiger partial charge in [0.15, 0.2) is 6.10 Å². The van der Waals surface area contributed by atoms with Crippen LogP contribution in [0, 0.1) is 13.8 Å². The number of carbonyl (C=O) groups excluding carboxylic acids is 1. The van der Waals surface area contributed by atoms with Crippen molar-refractivity contribution in [3.63, 3.8) is 0 Å². The van der Waals surface area contributed by atoms with Crippen LogP contribution < -0.4 is 9.46 Å². The lowest BCUT2D eigenvalue weighted by Gasteiger charge is -2.33. The van der Waals surface area contributed by atoms with Crippen molar-refractivity contribution in [3.8, 4) is 11.5 Å². The Kier molecular flexibility index (Phi) is 6.67. The first-order valence-electron chi connectivity index (χ1n) is 10.00. The van der Waals surface area contributed by atoms with E-state index in [2.05, 4.69) is 4.72 Å².